The van der Waals surface area contributed by atoms with E-state index in [-0.39, 0.29) is 17.4 Å². The molecule has 5 rings (SSSR count). The van der Waals surface area contributed by atoms with E-state index in [4.69, 9.17) is 9.47 Å². The van der Waals surface area contributed by atoms with Crippen LogP contribution < -0.4 is 14.8 Å². The van der Waals surface area contributed by atoms with Crippen molar-refractivity contribution in [3.05, 3.63) is 94.4 Å². The van der Waals surface area contributed by atoms with Crippen LogP contribution in [0.2, 0.25) is 0 Å². The largest absolute Gasteiger partial charge is 0.493 e. The molecule has 1 N–H and O–H groups in total. The molecule has 0 radical (unpaired) electrons. The van der Waals surface area contributed by atoms with Gasteiger partial charge in [-0.15, -0.1) is 0 Å². The molecule has 2 aliphatic rings. The molecule has 3 atom stereocenters. The zero-order chi connectivity index (χ0) is 26.5. The fraction of sp³-hybridized carbons (Fsp3) is 0.344. The number of aryl methyl sites for hydroxylation is 1. The van der Waals surface area contributed by atoms with Gasteiger partial charge in [-0.1, -0.05) is 85.6 Å². The summed E-state index contributed by atoms with van der Waals surface area (Å²) in [5.41, 5.74) is 4.11. The first-order valence-corrected chi connectivity index (χ1v) is 14.3. The van der Waals surface area contributed by atoms with Crippen molar-refractivity contribution in [1.82, 2.24) is 4.90 Å². The van der Waals surface area contributed by atoms with Crippen LogP contribution in [0.25, 0.3) is 6.08 Å². The lowest BCUT2D eigenvalue weighted by Crippen LogP contribution is -2.48. The molecule has 1 aliphatic heterocycles. The maximum absolute atomic E-state index is 13.8. The molecule has 0 bridgehead atoms. The summed E-state index contributed by atoms with van der Waals surface area (Å²) in [6.45, 7) is 4.82. The van der Waals surface area contributed by atoms with Crippen LogP contribution in [0.15, 0.2) is 77.7 Å². The summed E-state index contributed by atoms with van der Waals surface area (Å²) >= 11 is 1.59. The molecule has 1 aliphatic carbocycles. The van der Waals surface area contributed by atoms with Gasteiger partial charge in [-0.2, -0.15) is 0 Å². The zero-order valence-corrected chi connectivity index (χ0v) is 23.2. The van der Waals surface area contributed by atoms with Gasteiger partial charge in [-0.25, -0.2) is 0 Å². The number of carbonyl (C=O) groups excluding carboxylic acids is 1. The molecule has 1 saturated heterocycles. The molecule has 1 heterocycles. The summed E-state index contributed by atoms with van der Waals surface area (Å²) in [6, 6.07) is 24.5. The van der Waals surface area contributed by atoms with Crippen molar-refractivity contribution in [1.29, 1.82) is 0 Å². The summed E-state index contributed by atoms with van der Waals surface area (Å²) in [6.07, 6.45) is 6.60. The number of ether oxygens (including phenoxy) is 2. The van der Waals surface area contributed by atoms with Crippen LogP contribution in [-0.4, -0.2) is 29.5 Å². The summed E-state index contributed by atoms with van der Waals surface area (Å²) in [4.78, 5) is 16.6. The van der Waals surface area contributed by atoms with Gasteiger partial charge in [0.25, 0.3) is 5.91 Å². The molecular formula is C32H36N2O3S. The normalized spacial score (nSPS) is 22.5. The second kappa shape index (κ2) is 12.0. The van der Waals surface area contributed by atoms with Crippen molar-refractivity contribution in [2.75, 3.05) is 12.4 Å². The number of thioether (sulfide) groups is 1. The Hall–Kier alpha value is -3.38. The fourth-order valence-corrected chi connectivity index (χ4v) is 6.59. The predicted octanol–water partition coefficient (Wildman–Crippen LogP) is 7.47. The highest BCUT2D eigenvalue weighted by molar-refractivity contribution is 8.05. The molecular weight excluding hydrogens is 492 g/mol. The lowest BCUT2D eigenvalue weighted by Gasteiger charge is -2.39. The highest BCUT2D eigenvalue weighted by atomic mass is 32.2. The van der Waals surface area contributed by atoms with Crippen LogP contribution in [0.4, 0.5) is 5.69 Å². The average molecular weight is 529 g/mol. The van der Waals surface area contributed by atoms with Gasteiger partial charge in [-0.05, 0) is 67.2 Å². The third-order valence-corrected chi connectivity index (χ3v) is 8.50. The first kappa shape index (κ1) is 26.2. The Balaban J connectivity index is 1.37. The number of para-hydroxylation sites is 1. The highest BCUT2D eigenvalue weighted by Gasteiger charge is 2.42. The monoisotopic (exact) mass is 528 g/mol. The van der Waals surface area contributed by atoms with E-state index in [1.807, 2.05) is 48.5 Å². The van der Waals surface area contributed by atoms with Crippen LogP contribution in [0.5, 0.6) is 11.5 Å². The van der Waals surface area contributed by atoms with Crippen LogP contribution in [0.1, 0.15) is 49.3 Å². The Bertz CT molecular complexity index is 1290. The van der Waals surface area contributed by atoms with Gasteiger partial charge in [0.15, 0.2) is 17.0 Å². The van der Waals surface area contributed by atoms with Gasteiger partial charge in [-0.3, -0.25) is 4.79 Å². The SMILES string of the molecule is COc1cc(/C=C2\SC(Nc3ccccc3)N([C@@H]3CCCC[C@@H]3C)C2=O)ccc1OCc1cccc(C)c1. The Kier molecular flexibility index (Phi) is 8.28. The molecule has 3 aromatic rings. The van der Waals surface area contributed by atoms with E-state index >= 15 is 0 Å². The van der Waals surface area contributed by atoms with Gasteiger partial charge in [0.05, 0.1) is 12.0 Å². The van der Waals surface area contributed by atoms with Crippen molar-refractivity contribution in [2.24, 2.45) is 5.92 Å². The number of nitrogens with one attached hydrogen (secondary N) is 1. The Morgan fingerprint density at radius 3 is 2.58 bits per heavy atom. The molecule has 3 aromatic carbocycles. The topological polar surface area (TPSA) is 50.8 Å². The lowest BCUT2D eigenvalue weighted by atomic mass is 9.85. The van der Waals surface area contributed by atoms with Crippen molar-refractivity contribution >= 4 is 29.4 Å². The molecule has 0 aromatic heterocycles. The number of hydrogen-bond acceptors (Lipinski definition) is 5. The molecule has 6 heteroatoms. The average Bonchev–Trinajstić information content (AvgIpc) is 3.22. The van der Waals surface area contributed by atoms with Crippen LogP contribution >= 0.6 is 11.8 Å². The van der Waals surface area contributed by atoms with E-state index in [1.165, 1.54) is 18.4 Å². The standard InChI is InChI=1S/C32H36N2O3S/c1-22-10-9-12-25(18-22)21-37-28-17-16-24(19-29(28)36-3)20-30-31(35)34(27-15-8-7-11-23(27)2)32(38-30)33-26-13-5-4-6-14-26/h4-6,9-10,12-14,16-20,23,27,32-33H,7-8,11,15,21H2,1-3H3/b30-20-/t23-,27+,32?/m0/s1. The number of anilines is 1. The third kappa shape index (κ3) is 6.02. The smallest absolute Gasteiger partial charge is 0.262 e. The van der Waals surface area contributed by atoms with Crippen molar-refractivity contribution in [2.45, 2.75) is 57.7 Å². The molecule has 1 unspecified atom stereocenters. The van der Waals surface area contributed by atoms with E-state index in [9.17, 15) is 4.79 Å². The number of benzene rings is 3. The predicted molar refractivity (Wildman–Crippen MR) is 156 cm³/mol. The van der Waals surface area contributed by atoms with Gasteiger partial charge < -0.3 is 19.7 Å². The lowest BCUT2D eigenvalue weighted by molar-refractivity contribution is -0.129. The Morgan fingerprint density at radius 2 is 1.82 bits per heavy atom. The van der Waals surface area contributed by atoms with E-state index in [1.54, 1.807) is 18.9 Å². The second-order valence-corrected chi connectivity index (χ2v) is 11.3. The molecule has 5 nitrogen and oxygen atoms in total. The number of methoxy groups -OCH3 is 1. The molecule has 2 fully saturated rings. The summed E-state index contributed by atoms with van der Waals surface area (Å²) in [7, 11) is 1.65. The summed E-state index contributed by atoms with van der Waals surface area (Å²) in [5, 5.41) is 3.61. The maximum Gasteiger partial charge on any atom is 0.262 e. The minimum Gasteiger partial charge on any atom is -0.493 e. The minimum atomic E-state index is -0.138. The minimum absolute atomic E-state index is 0.0981. The van der Waals surface area contributed by atoms with Crippen molar-refractivity contribution < 1.29 is 14.3 Å². The maximum atomic E-state index is 13.8. The van der Waals surface area contributed by atoms with Gasteiger partial charge in [0, 0.05) is 11.7 Å². The van der Waals surface area contributed by atoms with E-state index in [2.05, 4.69) is 54.4 Å². The first-order chi connectivity index (χ1) is 18.5. The third-order valence-electron chi connectivity index (χ3n) is 7.39. The second-order valence-electron chi connectivity index (χ2n) is 10.2. The number of nitrogens with zero attached hydrogens (tertiary/aromatic N) is 1. The summed E-state index contributed by atoms with van der Waals surface area (Å²) < 4.78 is 11.7. The first-order valence-electron chi connectivity index (χ1n) is 13.4. The van der Waals surface area contributed by atoms with Crippen molar-refractivity contribution in [3.63, 3.8) is 0 Å². The van der Waals surface area contributed by atoms with Gasteiger partial charge >= 0.3 is 0 Å². The van der Waals surface area contributed by atoms with Gasteiger partial charge in [0.2, 0.25) is 0 Å². The summed E-state index contributed by atoms with van der Waals surface area (Å²) in [5.74, 6) is 1.92. The van der Waals surface area contributed by atoms with Crippen molar-refractivity contribution in [3.8, 4) is 11.5 Å². The Labute approximate surface area is 230 Å². The van der Waals surface area contributed by atoms with E-state index < -0.39 is 0 Å². The number of carbonyl (C=O) groups is 1. The molecule has 1 saturated carbocycles. The Morgan fingerprint density at radius 1 is 1.00 bits per heavy atom. The van der Waals surface area contributed by atoms with E-state index in [0.717, 1.165) is 34.6 Å². The zero-order valence-electron chi connectivity index (χ0n) is 22.4. The number of amides is 1. The highest BCUT2D eigenvalue weighted by Crippen LogP contribution is 2.42. The molecule has 38 heavy (non-hydrogen) atoms. The van der Waals surface area contributed by atoms with Crippen LogP contribution in [0, 0.1) is 12.8 Å². The molecule has 0 spiro atoms. The molecule has 1 amide bonds. The van der Waals surface area contributed by atoms with Crippen LogP contribution in [0.3, 0.4) is 0 Å². The molecule has 198 valence electrons. The fourth-order valence-electron chi connectivity index (χ4n) is 5.37. The quantitative estimate of drug-likeness (QED) is 0.307. The number of rotatable bonds is 8. The number of hydrogen-bond donors (Lipinski definition) is 1. The van der Waals surface area contributed by atoms with Crippen LogP contribution in [-0.2, 0) is 11.4 Å². The van der Waals surface area contributed by atoms with E-state index in [0.29, 0.717) is 24.0 Å². The van der Waals surface area contributed by atoms with Gasteiger partial charge in [0.1, 0.15) is 6.61 Å².